The minimum absolute atomic E-state index is 0.166. The summed E-state index contributed by atoms with van der Waals surface area (Å²) in [6.07, 6.45) is 2.24. The van der Waals surface area contributed by atoms with Crippen LogP contribution >= 0.6 is 15.9 Å². The normalized spacial score (nSPS) is 14.3. The van der Waals surface area contributed by atoms with Crippen LogP contribution in [0.15, 0.2) is 28.7 Å². The van der Waals surface area contributed by atoms with Gasteiger partial charge in [-0.1, -0.05) is 34.1 Å². The summed E-state index contributed by atoms with van der Waals surface area (Å²) < 4.78 is 6.02. The number of carbonyl (C=O) groups is 1. The third-order valence-corrected chi connectivity index (χ3v) is 4.14. The molecule has 1 aromatic carbocycles. The average Bonchev–Trinajstić information content (AvgIpc) is 3.27. The van der Waals surface area contributed by atoms with Gasteiger partial charge in [0.2, 0.25) is 5.91 Å². The van der Waals surface area contributed by atoms with Crippen LogP contribution in [0.25, 0.3) is 0 Å². The monoisotopic (exact) mass is 340 g/mol. The van der Waals surface area contributed by atoms with Crippen LogP contribution in [0, 0.1) is 0 Å². The number of benzene rings is 1. The predicted octanol–water partition coefficient (Wildman–Crippen LogP) is 2.18. The Morgan fingerprint density at radius 2 is 2.20 bits per heavy atom. The molecule has 1 amide bonds. The molecule has 0 bridgehead atoms. The van der Waals surface area contributed by atoms with E-state index in [0.717, 1.165) is 22.9 Å². The zero-order valence-electron chi connectivity index (χ0n) is 11.8. The molecule has 2 rings (SSSR count). The van der Waals surface area contributed by atoms with Crippen LogP contribution in [0.5, 0.6) is 0 Å². The summed E-state index contributed by atoms with van der Waals surface area (Å²) in [5.41, 5.74) is 1.16. The van der Waals surface area contributed by atoms with E-state index in [4.69, 9.17) is 4.74 Å². The van der Waals surface area contributed by atoms with Crippen molar-refractivity contribution in [2.75, 3.05) is 26.8 Å². The summed E-state index contributed by atoms with van der Waals surface area (Å²) in [7, 11) is 1.66. The van der Waals surface area contributed by atoms with Crippen molar-refractivity contribution in [3.05, 3.63) is 34.3 Å². The Morgan fingerprint density at radius 1 is 1.45 bits per heavy atom. The van der Waals surface area contributed by atoms with Gasteiger partial charge in [0.15, 0.2) is 0 Å². The van der Waals surface area contributed by atoms with Crippen molar-refractivity contribution < 1.29 is 9.53 Å². The summed E-state index contributed by atoms with van der Waals surface area (Å²) in [5, 5.41) is 3.12. The lowest BCUT2D eigenvalue weighted by atomic mass is 10.2. The van der Waals surface area contributed by atoms with Gasteiger partial charge in [-0.05, 0) is 24.5 Å². The van der Waals surface area contributed by atoms with Crippen LogP contribution in [0.3, 0.4) is 0 Å². The number of nitrogens with one attached hydrogen (secondary N) is 1. The first-order chi connectivity index (χ1) is 9.72. The number of hydrogen-bond acceptors (Lipinski definition) is 3. The molecule has 5 heteroatoms. The maximum Gasteiger partial charge on any atom is 0.237 e. The Labute approximate surface area is 128 Å². The molecule has 20 heavy (non-hydrogen) atoms. The van der Waals surface area contributed by atoms with Crippen LogP contribution in [0.4, 0.5) is 0 Å². The molecular formula is C15H21BrN2O2. The second kappa shape index (κ2) is 7.76. The lowest BCUT2D eigenvalue weighted by molar-refractivity contribution is -0.131. The van der Waals surface area contributed by atoms with E-state index in [0.29, 0.717) is 32.3 Å². The fourth-order valence-corrected chi connectivity index (χ4v) is 2.50. The van der Waals surface area contributed by atoms with E-state index in [2.05, 4.69) is 27.3 Å². The molecule has 0 saturated heterocycles. The van der Waals surface area contributed by atoms with E-state index in [-0.39, 0.29) is 5.91 Å². The molecule has 4 nitrogen and oxygen atoms in total. The zero-order chi connectivity index (χ0) is 14.4. The molecule has 1 aliphatic rings. The highest BCUT2D eigenvalue weighted by Crippen LogP contribution is 2.29. The quantitative estimate of drug-likeness (QED) is 0.737. The molecule has 0 spiro atoms. The standard InChI is InChI=1S/C15H21BrN2O2/c1-20-9-8-17-10-15(19)18(13-6-7-13)11-12-4-2-3-5-14(12)16/h2-5,13,17H,6-11H2,1H3. The molecular weight excluding hydrogens is 320 g/mol. The third kappa shape index (κ3) is 4.58. The molecule has 1 aliphatic carbocycles. The SMILES string of the molecule is COCCNCC(=O)N(Cc1ccccc1Br)C1CC1. The van der Waals surface area contributed by atoms with Crippen molar-refractivity contribution in [3.63, 3.8) is 0 Å². The molecule has 0 radical (unpaired) electrons. The fourth-order valence-electron chi connectivity index (χ4n) is 2.09. The van der Waals surface area contributed by atoms with E-state index in [1.54, 1.807) is 7.11 Å². The van der Waals surface area contributed by atoms with Gasteiger partial charge in [-0.25, -0.2) is 0 Å². The van der Waals surface area contributed by atoms with Crippen LogP contribution in [-0.2, 0) is 16.1 Å². The Balaban J connectivity index is 1.90. The number of hydrogen-bond donors (Lipinski definition) is 1. The second-order valence-corrected chi connectivity index (χ2v) is 5.87. The van der Waals surface area contributed by atoms with Crippen molar-refractivity contribution in [2.45, 2.75) is 25.4 Å². The van der Waals surface area contributed by atoms with Gasteiger partial charge in [0.25, 0.3) is 0 Å². The van der Waals surface area contributed by atoms with Gasteiger partial charge in [-0.2, -0.15) is 0 Å². The van der Waals surface area contributed by atoms with E-state index in [1.807, 2.05) is 23.1 Å². The Bertz CT molecular complexity index is 449. The smallest absolute Gasteiger partial charge is 0.237 e. The van der Waals surface area contributed by atoms with Gasteiger partial charge in [0.05, 0.1) is 13.2 Å². The molecule has 0 atom stereocenters. The minimum Gasteiger partial charge on any atom is -0.383 e. The van der Waals surface area contributed by atoms with Crippen LogP contribution in [0.2, 0.25) is 0 Å². The number of methoxy groups -OCH3 is 1. The van der Waals surface area contributed by atoms with E-state index in [9.17, 15) is 4.79 Å². The molecule has 0 unspecified atom stereocenters. The fraction of sp³-hybridized carbons (Fsp3) is 0.533. The lowest BCUT2D eigenvalue weighted by Crippen LogP contribution is -2.40. The molecule has 1 N–H and O–H groups in total. The molecule has 0 aromatic heterocycles. The van der Waals surface area contributed by atoms with Crippen molar-refractivity contribution in [1.82, 2.24) is 10.2 Å². The van der Waals surface area contributed by atoms with Gasteiger partial charge in [-0.3, -0.25) is 4.79 Å². The number of rotatable bonds is 8. The number of carbonyl (C=O) groups excluding carboxylic acids is 1. The van der Waals surface area contributed by atoms with E-state index >= 15 is 0 Å². The van der Waals surface area contributed by atoms with Gasteiger partial charge in [0, 0.05) is 30.7 Å². The highest BCUT2D eigenvalue weighted by molar-refractivity contribution is 9.10. The largest absolute Gasteiger partial charge is 0.383 e. The van der Waals surface area contributed by atoms with Gasteiger partial charge < -0.3 is 15.0 Å². The topological polar surface area (TPSA) is 41.6 Å². The third-order valence-electron chi connectivity index (χ3n) is 3.37. The highest BCUT2D eigenvalue weighted by Gasteiger charge is 2.32. The Hall–Kier alpha value is -0.910. The molecule has 1 fully saturated rings. The van der Waals surface area contributed by atoms with Crippen LogP contribution < -0.4 is 5.32 Å². The first-order valence-electron chi connectivity index (χ1n) is 6.95. The van der Waals surface area contributed by atoms with Gasteiger partial charge in [0.1, 0.15) is 0 Å². The predicted molar refractivity (Wildman–Crippen MR) is 82.5 cm³/mol. The average molecular weight is 341 g/mol. The van der Waals surface area contributed by atoms with Gasteiger partial charge in [-0.15, -0.1) is 0 Å². The Kier molecular flexibility index (Phi) is 6.01. The first-order valence-corrected chi connectivity index (χ1v) is 7.74. The molecule has 110 valence electrons. The summed E-state index contributed by atoms with van der Waals surface area (Å²) in [6.45, 7) is 2.39. The molecule has 1 saturated carbocycles. The maximum absolute atomic E-state index is 12.3. The number of ether oxygens (including phenoxy) is 1. The van der Waals surface area contributed by atoms with E-state index < -0.39 is 0 Å². The summed E-state index contributed by atoms with van der Waals surface area (Å²) in [6, 6.07) is 8.49. The van der Waals surface area contributed by atoms with Crippen molar-refractivity contribution in [3.8, 4) is 0 Å². The summed E-state index contributed by atoms with van der Waals surface area (Å²) >= 11 is 3.55. The van der Waals surface area contributed by atoms with Crippen molar-refractivity contribution in [2.24, 2.45) is 0 Å². The molecule has 0 heterocycles. The van der Waals surface area contributed by atoms with E-state index in [1.165, 1.54) is 0 Å². The maximum atomic E-state index is 12.3. The number of amides is 1. The second-order valence-electron chi connectivity index (χ2n) is 5.01. The van der Waals surface area contributed by atoms with Crippen LogP contribution in [-0.4, -0.2) is 43.7 Å². The first kappa shape index (κ1) is 15.5. The van der Waals surface area contributed by atoms with Crippen molar-refractivity contribution >= 4 is 21.8 Å². The minimum atomic E-state index is 0.166. The van der Waals surface area contributed by atoms with Crippen LogP contribution in [0.1, 0.15) is 18.4 Å². The number of halogens is 1. The summed E-state index contributed by atoms with van der Waals surface area (Å²) in [4.78, 5) is 14.3. The number of nitrogens with zero attached hydrogens (tertiary/aromatic N) is 1. The summed E-state index contributed by atoms with van der Waals surface area (Å²) in [5.74, 6) is 0.166. The molecule has 1 aromatic rings. The highest BCUT2D eigenvalue weighted by atomic mass is 79.9. The van der Waals surface area contributed by atoms with Gasteiger partial charge >= 0.3 is 0 Å². The lowest BCUT2D eigenvalue weighted by Gasteiger charge is -2.23. The Morgan fingerprint density at radius 3 is 2.85 bits per heavy atom. The van der Waals surface area contributed by atoms with Crippen molar-refractivity contribution in [1.29, 1.82) is 0 Å². The molecule has 0 aliphatic heterocycles. The zero-order valence-corrected chi connectivity index (χ0v) is 13.4.